The Kier molecular flexibility index (Phi) is 11.9. The van der Waals surface area contributed by atoms with Crippen LogP contribution in [0.4, 0.5) is 5.69 Å². The first-order valence-corrected chi connectivity index (χ1v) is 8.40. The summed E-state index contributed by atoms with van der Waals surface area (Å²) in [5, 5.41) is 2.83. The molecule has 0 saturated heterocycles. The molecule has 0 aliphatic carbocycles. The van der Waals surface area contributed by atoms with Gasteiger partial charge in [0.15, 0.2) is 0 Å². The lowest BCUT2D eigenvalue weighted by Gasteiger charge is -2.17. The van der Waals surface area contributed by atoms with E-state index >= 15 is 0 Å². The third kappa shape index (κ3) is 8.31. The van der Waals surface area contributed by atoms with E-state index in [2.05, 4.69) is 12.2 Å². The van der Waals surface area contributed by atoms with E-state index in [1.165, 1.54) is 0 Å². The van der Waals surface area contributed by atoms with Gasteiger partial charge in [0.25, 0.3) is 0 Å². The highest BCUT2D eigenvalue weighted by Gasteiger charge is 2.09. The monoisotopic (exact) mass is 356 g/mol. The molecular weight excluding hydrogens is 328 g/mol. The van der Waals surface area contributed by atoms with Crippen LogP contribution in [0.1, 0.15) is 50.4 Å². The maximum atomic E-state index is 11.9. The van der Waals surface area contributed by atoms with Crippen LogP contribution in [0, 0.1) is 0 Å². The topological polar surface area (TPSA) is 58.6 Å². The summed E-state index contributed by atoms with van der Waals surface area (Å²) in [5.41, 5.74) is 1.19. The van der Waals surface area contributed by atoms with Crippen LogP contribution >= 0.6 is 12.4 Å². The first-order valence-electron chi connectivity index (χ1n) is 8.40. The van der Waals surface area contributed by atoms with Gasteiger partial charge in [-0.2, -0.15) is 0 Å². The molecule has 24 heavy (non-hydrogen) atoms. The summed E-state index contributed by atoms with van der Waals surface area (Å²) in [6, 6.07) is 6.80. The number of nitrogens with zero attached hydrogens (tertiary/aromatic N) is 1. The number of ether oxygens (including phenoxy) is 1. The molecule has 0 aromatic heterocycles. The lowest BCUT2D eigenvalue weighted by molar-refractivity contribution is -0.117. The van der Waals surface area contributed by atoms with Crippen molar-refractivity contribution in [3.63, 3.8) is 0 Å². The van der Waals surface area contributed by atoms with Crippen LogP contribution in [-0.4, -0.2) is 43.0 Å². The first-order chi connectivity index (χ1) is 11.1. The van der Waals surface area contributed by atoms with E-state index in [4.69, 9.17) is 4.74 Å². The van der Waals surface area contributed by atoms with Crippen LogP contribution in [0.25, 0.3) is 0 Å². The largest absolute Gasteiger partial charge is 0.462 e. The zero-order valence-electron chi connectivity index (χ0n) is 14.8. The van der Waals surface area contributed by atoms with Gasteiger partial charge in [-0.1, -0.05) is 33.6 Å². The van der Waals surface area contributed by atoms with E-state index in [0.29, 0.717) is 24.4 Å². The third-order valence-electron chi connectivity index (χ3n) is 3.65. The van der Waals surface area contributed by atoms with Gasteiger partial charge < -0.3 is 10.1 Å². The summed E-state index contributed by atoms with van der Waals surface area (Å²) in [5.74, 6) is -0.370. The minimum atomic E-state index is -0.317. The molecule has 0 unspecified atom stereocenters. The number of hydrogen-bond acceptors (Lipinski definition) is 4. The van der Waals surface area contributed by atoms with Crippen molar-refractivity contribution in [3.05, 3.63) is 29.8 Å². The zero-order valence-corrected chi connectivity index (χ0v) is 15.7. The number of nitrogens with one attached hydrogen (secondary N) is 1. The van der Waals surface area contributed by atoms with E-state index in [-0.39, 0.29) is 24.3 Å². The van der Waals surface area contributed by atoms with Gasteiger partial charge in [0.05, 0.1) is 18.7 Å². The van der Waals surface area contributed by atoms with E-state index < -0.39 is 0 Å². The molecule has 1 amide bonds. The Morgan fingerprint density at radius 3 is 2.21 bits per heavy atom. The van der Waals surface area contributed by atoms with Gasteiger partial charge >= 0.3 is 5.97 Å². The standard InChI is InChI=1S/C18H28N2O3.ClH/c1-4-7-8-13-23-18(22)15-9-11-16(12-10-15)19-17(21)14-20(5-2)6-3;/h9-12H,4-8,13-14H2,1-3H3,(H,19,21);1H. The van der Waals surface area contributed by atoms with Crippen molar-refractivity contribution >= 4 is 30.0 Å². The summed E-state index contributed by atoms with van der Waals surface area (Å²) in [6.07, 6.45) is 3.05. The number of unbranched alkanes of at least 4 members (excludes halogenated alkanes) is 2. The predicted molar refractivity (Wildman–Crippen MR) is 99.9 cm³/mol. The Hall–Kier alpha value is -1.59. The zero-order chi connectivity index (χ0) is 17.1. The predicted octanol–water partition coefficient (Wildman–Crippen LogP) is 3.74. The van der Waals surface area contributed by atoms with Crippen LogP contribution in [0.5, 0.6) is 0 Å². The third-order valence-corrected chi connectivity index (χ3v) is 3.65. The lowest BCUT2D eigenvalue weighted by Crippen LogP contribution is -2.32. The number of halogens is 1. The molecule has 1 N–H and O–H groups in total. The van der Waals surface area contributed by atoms with Crippen molar-refractivity contribution in [3.8, 4) is 0 Å². The molecule has 0 spiro atoms. The minimum Gasteiger partial charge on any atom is -0.462 e. The van der Waals surface area contributed by atoms with Crippen molar-refractivity contribution in [1.82, 2.24) is 4.90 Å². The summed E-state index contributed by atoms with van der Waals surface area (Å²) >= 11 is 0. The van der Waals surface area contributed by atoms with Crippen molar-refractivity contribution < 1.29 is 14.3 Å². The number of rotatable bonds is 10. The Labute approximate surface area is 151 Å². The van der Waals surface area contributed by atoms with E-state index in [1.807, 2.05) is 18.7 Å². The first kappa shape index (κ1) is 22.4. The molecule has 0 atom stereocenters. The van der Waals surface area contributed by atoms with Crippen molar-refractivity contribution in [2.24, 2.45) is 0 Å². The average molecular weight is 357 g/mol. The lowest BCUT2D eigenvalue weighted by atomic mass is 10.2. The van der Waals surface area contributed by atoms with Crippen LogP contribution in [0.15, 0.2) is 24.3 Å². The van der Waals surface area contributed by atoms with Crippen LogP contribution in [0.3, 0.4) is 0 Å². The molecule has 136 valence electrons. The van der Waals surface area contributed by atoms with Gasteiger partial charge in [-0.25, -0.2) is 4.79 Å². The highest BCUT2D eigenvalue weighted by Crippen LogP contribution is 2.11. The van der Waals surface area contributed by atoms with Gasteiger partial charge in [-0.3, -0.25) is 9.69 Å². The quantitative estimate of drug-likeness (QED) is 0.512. The molecule has 0 bridgehead atoms. The summed E-state index contributed by atoms with van der Waals surface area (Å²) < 4.78 is 5.20. The van der Waals surface area contributed by atoms with E-state index in [9.17, 15) is 9.59 Å². The maximum Gasteiger partial charge on any atom is 0.338 e. The van der Waals surface area contributed by atoms with Crippen LogP contribution in [-0.2, 0) is 9.53 Å². The van der Waals surface area contributed by atoms with Crippen molar-refractivity contribution in [2.45, 2.75) is 40.0 Å². The van der Waals surface area contributed by atoms with E-state index in [1.54, 1.807) is 24.3 Å². The van der Waals surface area contributed by atoms with Crippen molar-refractivity contribution in [1.29, 1.82) is 0 Å². The number of carbonyl (C=O) groups is 2. The minimum absolute atomic E-state index is 0. The van der Waals surface area contributed by atoms with E-state index in [0.717, 1.165) is 32.4 Å². The highest BCUT2D eigenvalue weighted by atomic mass is 35.5. The fraction of sp³-hybridized carbons (Fsp3) is 0.556. The number of amides is 1. The Bertz CT molecular complexity index is 488. The van der Waals surface area contributed by atoms with Gasteiger partial charge in [-0.05, 0) is 43.8 Å². The molecule has 0 aliphatic rings. The normalized spacial score (nSPS) is 10.2. The number of likely N-dealkylation sites (N-methyl/N-ethyl adjacent to an activating group) is 1. The molecule has 0 radical (unpaired) electrons. The van der Waals surface area contributed by atoms with Gasteiger partial charge in [0.2, 0.25) is 5.91 Å². The number of carbonyl (C=O) groups excluding carboxylic acids is 2. The molecule has 0 fully saturated rings. The molecule has 6 heteroatoms. The Balaban J connectivity index is 0.00000529. The molecule has 1 rings (SSSR count). The molecule has 0 saturated carbocycles. The Morgan fingerprint density at radius 1 is 1.04 bits per heavy atom. The van der Waals surface area contributed by atoms with Crippen molar-refractivity contribution in [2.75, 3.05) is 31.6 Å². The second-order valence-corrected chi connectivity index (χ2v) is 5.43. The van der Waals surface area contributed by atoms with Gasteiger partial charge in [0, 0.05) is 5.69 Å². The summed E-state index contributed by atoms with van der Waals surface area (Å²) in [4.78, 5) is 25.8. The molecule has 0 heterocycles. The molecule has 1 aromatic carbocycles. The van der Waals surface area contributed by atoms with Crippen LogP contribution < -0.4 is 5.32 Å². The summed E-state index contributed by atoms with van der Waals surface area (Å²) in [7, 11) is 0. The second kappa shape index (κ2) is 12.8. The summed E-state index contributed by atoms with van der Waals surface area (Å²) in [6.45, 7) is 8.66. The molecular formula is C18H29ClN2O3. The number of esters is 1. The fourth-order valence-electron chi connectivity index (χ4n) is 2.14. The number of anilines is 1. The molecule has 0 aliphatic heterocycles. The van der Waals surface area contributed by atoms with Gasteiger partial charge in [0.1, 0.15) is 0 Å². The Morgan fingerprint density at radius 2 is 1.67 bits per heavy atom. The smallest absolute Gasteiger partial charge is 0.338 e. The number of hydrogen-bond donors (Lipinski definition) is 1. The highest BCUT2D eigenvalue weighted by molar-refractivity contribution is 5.94. The fourth-order valence-corrected chi connectivity index (χ4v) is 2.14. The maximum absolute atomic E-state index is 11.9. The average Bonchev–Trinajstić information content (AvgIpc) is 2.57. The van der Waals surface area contributed by atoms with Crippen LogP contribution in [0.2, 0.25) is 0 Å². The molecule has 5 nitrogen and oxygen atoms in total. The second-order valence-electron chi connectivity index (χ2n) is 5.43. The van der Waals surface area contributed by atoms with Gasteiger partial charge in [-0.15, -0.1) is 12.4 Å². The molecule has 1 aromatic rings. The SMILES string of the molecule is CCCCCOC(=O)c1ccc(NC(=O)CN(CC)CC)cc1.Cl. The number of benzene rings is 1.